The summed E-state index contributed by atoms with van der Waals surface area (Å²) in [7, 11) is -3.67. The molecule has 3 rings (SSSR count). The van der Waals surface area contributed by atoms with E-state index in [4.69, 9.17) is 0 Å². The molecule has 1 aliphatic rings. The molecular formula is C22H30FN5O3S2. The number of anilines is 1. The molecule has 0 N–H and O–H groups in total. The Morgan fingerprint density at radius 3 is 2.45 bits per heavy atom. The van der Waals surface area contributed by atoms with Crippen LogP contribution in [0, 0.1) is 5.82 Å². The maximum atomic E-state index is 13.3. The topological polar surface area (TPSA) is 88.4 Å². The van der Waals surface area contributed by atoms with Gasteiger partial charge in [0.15, 0.2) is 11.0 Å². The number of piperidine rings is 1. The highest BCUT2D eigenvalue weighted by Crippen LogP contribution is 2.26. The fourth-order valence-electron chi connectivity index (χ4n) is 4.10. The third-order valence-corrected chi connectivity index (χ3v) is 7.80. The molecule has 180 valence electrons. The lowest BCUT2D eigenvalue weighted by atomic mass is 9.98. The zero-order valence-electron chi connectivity index (χ0n) is 19.1. The molecule has 0 saturated carbocycles. The number of halogens is 1. The van der Waals surface area contributed by atoms with E-state index in [9.17, 15) is 17.6 Å². The van der Waals surface area contributed by atoms with Crippen LogP contribution < -0.4 is 4.31 Å². The molecule has 2 atom stereocenters. The Kier molecular flexibility index (Phi) is 8.17. The molecule has 1 aliphatic heterocycles. The van der Waals surface area contributed by atoms with Gasteiger partial charge in [0.05, 0.1) is 24.2 Å². The van der Waals surface area contributed by atoms with Gasteiger partial charge >= 0.3 is 0 Å². The van der Waals surface area contributed by atoms with Gasteiger partial charge in [0.2, 0.25) is 15.9 Å². The molecule has 1 amide bonds. The lowest BCUT2D eigenvalue weighted by Crippen LogP contribution is -2.48. The van der Waals surface area contributed by atoms with Crippen molar-refractivity contribution in [3.8, 4) is 0 Å². The maximum Gasteiger partial charge on any atom is 0.233 e. The molecule has 0 bridgehead atoms. The van der Waals surface area contributed by atoms with E-state index >= 15 is 0 Å². The summed E-state index contributed by atoms with van der Waals surface area (Å²) in [5, 5.41) is 8.92. The van der Waals surface area contributed by atoms with Crippen molar-refractivity contribution in [2.75, 3.05) is 16.3 Å². The maximum absolute atomic E-state index is 13.3. The van der Waals surface area contributed by atoms with Gasteiger partial charge < -0.3 is 9.47 Å². The Hall–Kier alpha value is -2.40. The Morgan fingerprint density at radius 2 is 1.88 bits per heavy atom. The van der Waals surface area contributed by atoms with Crippen LogP contribution in [0.1, 0.15) is 38.9 Å². The molecule has 1 fully saturated rings. The quantitative estimate of drug-likeness (QED) is 0.391. The van der Waals surface area contributed by atoms with Crippen molar-refractivity contribution in [1.82, 2.24) is 19.7 Å². The third-order valence-electron chi connectivity index (χ3n) is 5.71. The van der Waals surface area contributed by atoms with Crippen LogP contribution in [-0.2, 0) is 27.9 Å². The first-order valence-electron chi connectivity index (χ1n) is 10.8. The van der Waals surface area contributed by atoms with Crippen LogP contribution in [0.4, 0.5) is 10.1 Å². The summed E-state index contributed by atoms with van der Waals surface area (Å²) < 4.78 is 41.1. The van der Waals surface area contributed by atoms with E-state index < -0.39 is 15.8 Å². The first-order chi connectivity index (χ1) is 15.6. The monoisotopic (exact) mass is 495 g/mol. The normalized spacial score (nSPS) is 18.8. The number of carbonyl (C=O) groups is 1. The lowest BCUT2D eigenvalue weighted by molar-refractivity contribution is -0.134. The van der Waals surface area contributed by atoms with Crippen molar-refractivity contribution < 1.29 is 17.6 Å². The Balaban J connectivity index is 1.80. The van der Waals surface area contributed by atoms with Crippen LogP contribution in [0.5, 0.6) is 0 Å². The van der Waals surface area contributed by atoms with Crippen molar-refractivity contribution in [2.24, 2.45) is 0 Å². The van der Waals surface area contributed by atoms with Gasteiger partial charge in [-0.15, -0.1) is 16.8 Å². The molecule has 11 heteroatoms. The standard InChI is InChI=1S/C22H30FN5O3S2/c1-5-13-26-20(14-27(33(4,30)31)19-11-9-18(23)10-12-19)24-25-22(26)32-15-21(29)28-16(2)7-6-8-17(28)3/h5,9-12,16-17H,1,6-8,13-15H2,2-4H3. The van der Waals surface area contributed by atoms with Crippen LogP contribution in [0.15, 0.2) is 42.1 Å². The molecule has 0 radical (unpaired) electrons. The summed E-state index contributed by atoms with van der Waals surface area (Å²) in [4.78, 5) is 14.8. The number of thioether (sulfide) groups is 1. The van der Waals surface area contributed by atoms with Gasteiger partial charge in [0.1, 0.15) is 5.82 Å². The second-order valence-corrected chi connectivity index (χ2v) is 11.1. The van der Waals surface area contributed by atoms with Gasteiger partial charge in [-0.1, -0.05) is 17.8 Å². The zero-order valence-corrected chi connectivity index (χ0v) is 20.8. The molecule has 2 unspecified atom stereocenters. The summed E-state index contributed by atoms with van der Waals surface area (Å²) in [6.45, 7) is 8.19. The van der Waals surface area contributed by atoms with Gasteiger partial charge in [-0.2, -0.15) is 0 Å². The van der Waals surface area contributed by atoms with Crippen molar-refractivity contribution in [3.05, 3.63) is 48.6 Å². The van der Waals surface area contributed by atoms with Crippen molar-refractivity contribution in [3.63, 3.8) is 0 Å². The molecule has 33 heavy (non-hydrogen) atoms. The summed E-state index contributed by atoms with van der Waals surface area (Å²) in [5.41, 5.74) is 0.324. The molecule has 1 aromatic carbocycles. The smallest absolute Gasteiger partial charge is 0.233 e. The summed E-state index contributed by atoms with van der Waals surface area (Å²) in [5.74, 6) is 0.220. The number of carbonyl (C=O) groups excluding carboxylic acids is 1. The first kappa shape index (κ1) is 25.2. The second-order valence-electron chi connectivity index (χ2n) is 8.26. The minimum atomic E-state index is -3.67. The first-order valence-corrected chi connectivity index (χ1v) is 13.7. The number of likely N-dealkylation sites (tertiary alicyclic amines) is 1. The molecule has 1 saturated heterocycles. The van der Waals surface area contributed by atoms with Gasteiger partial charge in [0, 0.05) is 18.6 Å². The van der Waals surface area contributed by atoms with E-state index in [1.54, 1.807) is 10.6 Å². The number of allylic oxidation sites excluding steroid dienone is 1. The molecule has 2 aromatic rings. The third kappa shape index (κ3) is 6.14. The minimum Gasteiger partial charge on any atom is -0.337 e. The molecule has 1 aromatic heterocycles. The van der Waals surface area contributed by atoms with Crippen LogP contribution in [0.3, 0.4) is 0 Å². The van der Waals surface area contributed by atoms with E-state index in [1.807, 2.05) is 4.90 Å². The van der Waals surface area contributed by atoms with Crippen molar-refractivity contribution in [1.29, 1.82) is 0 Å². The van der Waals surface area contributed by atoms with Gasteiger partial charge in [-0.05, 0) is 57.4 Å². The highest BCUT2D eigenvalue weighted by Gasteiger charge is 2.29. The van der Waals surface area contributed by atoms with E-state index in [0.717, 1.165) is 29.8 Å². The minimum absolute atomic E-state index is 0.0541. The Bertz CT molecular complexity index is 1080. The Labute approximate surface area is 198 Å². The number of nitrogens with zero attached hydrogens (tertiary/aromatic N) is 5. The fraction of sp³-hybridized carbons (Fsp3) is 0.500. The highest BCUT2D eigenvalue weighted by atomic mass is 32.2. The van der Waals surface area contributed by atoms with Crippen LogP contribution in [0.25, 0.3) is 0 Å². The molecule has 0 aliphatic carbocycles. The Morgan fingerprint density at radius 1 is 1.24 bits per heavy atom. The number of rotatable bonds is 9. The van der Waals surface area contributed by atoms with Crippen molar-refractivity contribution in [2.45, 2.75) is 63.4 Å². The summed E-state index contributed by atoms with van der Waals surface area (Å²) in [6.07, 6.45) is 5.88. The molecule has 2 heterocycles. The molecular weight excluding hydrogens is 465 g/mol. The van der Waals surface area contributed by atoms with E-state index in [1.165, 1.54) is 36.0 Å². The second kappa shape index (κ2) is 10.7. The average molecular weight is 496 g/mol. The van der Waals surface area contributed by atoms with E-state index in [0.29, 0.717) is 23.2 Å². The van der Waals surface area contributed by atoms with E-state index in [-0.39, 0.29) is 30.3 Å². The van der Waals surface area contributed by atoms with Crippen molar-refractivity contribution >= 4 is 33.4 Å². The number of aromatic nitrogens is 3. The lowest BCUT2D eigenvalue weighted by Gasteiger charge is -2.39. The predicted molar refractivity (Wildman–Crippen MR) is 128 cm³/mol. The van der Waals surface area contributed by atoms with Crippen LogP contribution >= 0.6 is 11.8 Å². The number of hydrogen-bond acceptors (Lipinski definition) is 6. The van der Waals surface area contributed by atoms with E-state index in [2.05, 4.69) is 30.6 Å². The van der Waals surface area contributed by atoms with Crippen LogP contribution in [0.2, 0.25) is 0 Å². The number of sulfonamides is 1. The van der Waals surface area contributed by atoms with Gasteiger partial charge in [0.25, 0.3) is 0 Å². The largest absolute Gasteiger partial charge is 0.337 e. The molecule has 8 nitrogen and oxygen atoms in total. The summed E-state index contributed by atoms with van der Waals surface area (Å²) in [6, 6.07) is 5.64. The zero-order chi connectivity index (χ0) is 24.2. The highest BCUT2D eigenvalue weighted by molar-refractivity contribution is 7.99. The fourth-order valence-corrected chi connectivity index (χ4v) is 5.80. The SMILES string of the molecule is C=CCn1c(CN(c2ccc(F)cc2)S(C)(=O)=O)nnc1SCC(=O)N1C(C)CCCC1C. The predicted octanol–water partition coefficient (Wildman–Crippen LogP) is 3.45. The number of hydrogen-bond donors (Lipinski definition) is 0. The average Bonchev–Trinajstić information content (AvgIpc) is 3.12. The number of amides is 1. The molecule has 0 spiro atoms. The van der Waals surface area contributed by atoms with Gasteiger partial charge in [-0.3, -0.25) is 9.10 Å². The summed E-state index contributed by atoms with van der Waals surface area (Å²) >= 11 is 1.28. The number of benzene rings is 1. The van der Waals surface area contributed by atoms with Crippen LogP contribution in [-0.4, -0.2) is 58.1 Å². The van der Waals surface area contributed by atoms with Gasteiger partial charge in [-0.25, -0.2) is 12.8 Å².